The number of piperazine rings is 1. The van der Waals surface area contributed by atoms with Gasteiger partial charge >= 0.3 is 0 Å². The van der Waals surface area contributed by atoms with Crippen molar-refractivity contribution in [1.82, 2.24) is 4.90 Å². The topological polar surface area (TPSA) is 64.7 Å². The van der Waals surface area contributed by atoms with Crippen LogP contribution in [-0.2, 0) is 0 Å². The highest BCUT2D eigenvalue weighted by atomic mass is 35.5. The molecule has 1 fully saturated rings. The summed E-state index contributed by atoms with van der Waals surface area (Å²) in [5.74, 6) is -1.57. The minimum Gasteiger partial charge on any atom is -0.367 e. The van der Waals surface area contributed by atoms with E-state index in [2.05, 4.69) is 15.5 Å². The Morgan fingerprint density at radius 3 is 2.32 bits per heavy atom. The van der Waals surface area contributed by atoms with Gasteiger partial charge in [0.25, 0.3) is 11.8 Å². The van der Waals surface area contributed by atoms with E-state index < -0.39 is 17.6 Å². The molecule has 2 N–H and O–H groups in total. The van der Waals surface area contributed by atoms with Gasteiger partial charge in [-0.25, -0.2) is 4.39 Å². The van der Waals surface area contributed by atoms with E-state index in [1.165, 1.54) is 23.5 Å². The summed E-state index contributed by atoms with van der Waals surface area (Å²) in [5.41, 5.74) is 1.01. The molecule has 0 saturated carbocycles. The Morgan fingerprint density at radius 2 is 1.62 bits per heavy atom. The number of benzene rings is 3. The molecule has 6 nitrogen and oxygen atoms in total. The average Bonchev–Trinajstić information content (AvgIpc) is 3.23. The van der Waals surface area contributed by atoms with E-state index in [0.29, 0.717) is 39.4 Å². The molecule has 1 aliphatic rings. The summed E-state index contributed by atoms with van der Waals surface area (Å²) in [6.45, 7) is 2.80. The molecule has 190 valence electrons. The number of nitrogens with one attached hydrogen (secondary N) is 2. The van der Waals surface area contributed by atoms with Crippen molar-refractivity contribution in [3.63, 3.8) is 0 Å². The number of likely N-dealkylation sites (N-methyl/N-ethyl adjacent to an activating group) is 1. The maximum atomic E-state index is 15.3. The normalized spacial score (nSPS) is 14.1. The van der Waals surface area contributed by atoms with Crippen LogP contribution in [0.1, 0.15) is 20.0 Å². The van der Waals surface area contributed by atoms with Gasteiger partial charge in [0, 0.05) is 47.0 Å². The fourth-order valence-electron chi connectivity index (χ4n) is 4.21. The minimum atomic E-state index is -0.566. The molecule has 0 aliphatic carbocycles. The fourth-order valence-corrected chi connectivity index (χ4v) is 5.75. The van der Waals surface area contributed by atoms with Gasteiger partial charge in [-0.1, -0.05) is 41.4 Å². The molecule has 0 unspecified atom stereocenters. The number of nitrogens with zero attached hydrogens (tertiary/aromatic N) is 2. The SMILES string of the molecule is CN1CCN(c2cc(NC(=O)c3sc4ccccc4c3Cl)c(C(=O)Nc3ccc(Cl)cc3)cc2F)CC1. The third kappa shape index (κ3) is 5.43. The van der Waals surface area contributed by atoms with Gasteiger partial charge in [0.05, 0.1) is 22.0 Å². The number of fused-ring (bicyclic) bond motifs is 1. The molecule has 1 aliphatic heterocycles. The van der Waals surface area contributed by atoms with Crippen molar-refractivity contribution < 1.29 is 14.0 Å². The van der Waals surface area contributed by atoms with Crippen LogP contribution in [0.25, 0.3) is 10.1 Å². The van der Waals surface area contributed by atoms with Crippen molar-refractivity contribution >= 4 is 73.5 Å². The number of halogens is 3. The van der Waals surface area contributed by atoms with Gasteiger partial charge in [0.1, 0.15) is 10.7 Å². The summed E-state index contributed by atoms with van der Waals surface area (Å²) >= 11 is 13.7. The number of hydrogen-bond donors (Lipinski definition) is 2. The molecule has 1 aromatic heterocycles. The Morgan fingerprint density at radius 1 is 0.919 bits per heavy atom. The summed E-state index contributed by atoms with van der Waals surface area (Å²) in [5, 5.41) is 7.20. The van der Waals surface area contributed by atoms with Gasteiger partial charge in [0.2, 0.25) is 0 Å². The number of rotatable bonds is 5. The predicted octanol–water partition coefficient (Wildman–Crippen LogP) is 6.60. The summed E-state index contributed by atoms with van der Waals surface area (Å²) in [6.07, 6.45) is 0. The second-order valence-electron chi connectivity index (χ2n) is 8.80. The zero-order chi connectivity index (χ0) is 26.1. The molecule has 2 amide bonds. The lowest BCUT2D eigenvalue weighted by Crippen LogP contribution is -2.44. The molecule has 0 radical (unpaired) electrons. The van der Waals surface area contributed by atoms with E-state index >= 15 is 4.39 Å². The molecular weight excluding hydrogens is 534 g/mol. The lowest BCUT2D eigenvalue weighted by molar-refractivity contribution is 0.102. The largest absolute Gasteiger partial charge is 0.367 e. The molecule has 0 bridgehead atoms. The molecule has 10 heteroatoms. The van der Waals surface area contributed by atoms with E-state index in [0.717, 1.165) is 23.2 Å². The van der Waals surface area contributed by atoms with Crippen LogP contribution in [0.3, 0.4) is 0 Å². The molecule has 2 heterocycles. The molecule has 0 atom stereocenters. The zero-order valence-electron chi connectivity index (χ0n) is 19.9. The van der Waals surface area contributed by atoms with Crippen LogP contribution in [-0.4, -0.2) is 49.9 Å². The summed E-state index contributed by atoms with van der Waals surface area (Å²) in [4.78, 5) is 31.0. The van der Waals surface area contributed by atoms with Crippen LogP contribution in [0.4, 0.5) is 21.5 Å². The van der Waals surface area contributed by atoms with E-state index in [-0.39, 0.29) is 11.3 Å². The summed E-state index contributed by atoms with van der Waals surface area (Å²) in [7, 11) is 2.01. The van der Waals surface area contributed by atoms with Crippen molar-refractivity contribution in [2.45, 2.75) is 0 Å². The van der Waals surface area contributed by atoms with Gasteiger partial charge in [-0.05, 0) is 49.5 Å². The second-order valence-corrected chi connectivity index (χ2v) is 10.7. The smallest absolute Gasteiger partial charge is 0.267 e. The van der Waals surface area contributed by atoms with Crippen LogP contribution >= 0.6 is 34.5 Å². The Labute approximate surface area is 227 Å². The van der Waals surface area contributed by atoms with Gasteiger partial charge in [-0.15, -0.1) is 11.3 Å². The van der Waals surface area contributed by atoms with Crippen molar-refractivity contribution in [3.8, 4) is 0 Å². The maximum Gasteiger partial charge on any atom is 0.267 e. The van der Waals surface area contributed by atoms with Crippen molar-refractivity contribution in [3.05, 3.63) is 87.0 Å². The maximum absolute atomic E-state index is 15.3. The number of thiophene rings is 1. The van der Waals surface area contributed by atoms with Gasteiger partial charge < -0.3 is 20.4 Å². The first kappa shape index (κ1) is 25.5. The lowest BCUT2D eigenvalue weighted by Gasteiger charge is -2.34. The number of carbonyl (C=O) groups is 2. The molecule has 3 aromatic carbocycles. The minimum absolute atomic E-state index is 0.00379. The molecule has 0 spiro atoms. The van der Waals surface area contributed by atoms with E-state index in [1.54, 1.807) is 24.3 Å². The fraction of sp³-hybridized carbons (Fsp3) is 0.185. The Kier molecular flexibility index (Phi) is 7.35. The number of amides is 2. The highest BCUT2D eigenvalue weighted by Gasteiger charge is 2.24. The predicted molar refractivity (Wildman–Crippen MR) is 150 cm³/mol. The number of anilines is 3. The monoisotopic (exact) mass is 556 g/mol. The molecule has 5 rings (SSSR count). The van der Waals surface area contributed by atoms with Gasteiger partial charge in [-0.2, -0.15) is 0 Å². The van der Waals surface area contributed by atoms with E-state index in [9.17, 15) is 9.59 Å². The standard InChI is InChI=1S/C27H23Cl2FN4O2S/c1-33-10-12-34(13-11-33)22-15-21(32-27(36)25-24(29)18-4-2-3-5-23(18)37-25)19(14-20(22)30)26(35)31-17-8-6-16(28)7-9-17/h2-9,14-15H,10-13H2,1H3,(H,31,35)(H,32,36). The van der Waals surface area contributed by atoms with Crippen LogP contribution in [0, 0.1) is 5.82 Å². The van der Waals surface area contributed by atoms with Crippen molar-refractivity contribution in [2.75, 3.05) is 48.8 Å². The number of hydrogen-bond acceptors (Lipinski definition) is 5. The second kappa shape index (κ2) is 10.7. The first-order chi connectivity index (χ1) is 17.8. The van der Waals surface area contributed by atoms with E-state index in [4.69, 9.17) is 23.2 Å². The Bertz CT molecular complexity index is 1480. The first-order valence-electron chi connectivity index (χ1n) is 11.6. The van der Waals surface area contributed by atoms with Crippen molar-refractivity contribution in [1.29, 1.82) is 0 Å². The third-order valence-corrected chi connectivity index (χ3v) is 8.19. The Hall–Kier alpha value is -3.17. The van der Waals surface area contributed by atoms with Crippen LogP contribution in [0.5, 0.6) is 0 Å². The molecule has 1 saturated heterocycles. The quantitative estimate of drug-likeness (QED) is 0.290. The lowest BCUT2D eigenvalue weighted by atomic mass is 10.1. The first-order valence-corrected chi connectivity index (χ1v) is 13.2. The van der Waals surface area contributed by atoms with Crippen molar-refractivity contribution in [2.24, 2.45) is 0 Å². The number of carbonyl (C=O) groups excluding carboxylic acids is 2. The third-order valence-electron chi connectivity index (χ3n) is 6.27. The molecule has 37 heavy (non-hydrogen) atoms. The van der Waals surface area contributed by atoms with Gasteiger partial charge in [-0.3, -0.25) is 9.59 Å². The highest BCUT2D eigenvalue weighted by molar-refractivity contribution is 7.21. The van der Waals surface area contributed by atoms with E-state index in [1.807, 2.05) is 36.2 Å². The molecule has 4 aromatic rings. The highest BCUT2D eigenvalue weighted by Crippen LogP contribution is 2.36. The Balaban J connectivity index is 1.51. The summed E-state index contributed by atoms with van der Waals surface area (Å²) in [6, 6.07) is 16.7. The van der Waals surface area contributed by atoms with Crippen LogP contribution in [0.2, 0.25) is 10.0 Å². The average molecular weight is 557 g/mol. The summed E-state index contributed by atoms with van der Waals surface area (Å²) < 4.78 is 16.2. The van der Waals surface area contributed by atoms with Gasteiger partial charge in [0.15, 0.2) is 0 Å². The van der Waals surface area contributed by atoms with Crippen LogP contribution < -0.4 is 15.5 Å². The van der Waals surface area contributed by atoms with Crippen LogP contribution in [0.15, 0.2) is 60.7 Å². The molecular formula is C27H23Cl2FN4O2S. The zero-order valence-corrected chi connectivity index (χ0v) is 22.2.